The minimum Gasteiger partial charge on any atom is -0.392 e. The van der Waals surface area contributed by atoms with E-state index in [1.54, 1.807) is 6.08 Å². The molecule has 1 N–H and O–H groups in total. The third kappa shape index (κ3) is 2.89. The largest absolute Gasteiger partial charge is 0.392 e. The molecule has 1 heteroatoms. The van der Waals surface area contributed by atoms with E-state index in [2.05, 4.69) is 31.2 Å². The standard InChI is InChI=1S/C11H14O/c1-10-5-7-11(8-6-10)4-2-3-9-12/h2-3,5-8,12H,4,9H2,1H3. The SMILES string of the molecule is Cc1ccc(CC=CCO)cc1. The topological polar surface area (TPSA) is 20.2 Å². The van der Waals surface area contributed by atoms with Gasteiger partial charge in [-0.1, -0.05) is 42.0 Å². The molecular formula is C11H14O. The zero-order valence-corrected chi connectivity index (χ0v) is 7.33. The first kappa shape index (κ1) is 9.01. The Kier molecular flexibility index (Phi) is 3.55. The van der Waals surface area contributed by atoms with Gasteiger partial charge in [-0.05, 0) is 18.9 Å². The van der Waals surface area contributed by atoms with Crippen molar-refractivity contribution in [2.75, 3.05) is 6.61 Å². The van der Waals surface area contributed by atoms with Crippen molar-refractivity contribution < 1.29 is 5.11 Å². The fourth-order valence-electron chi connectivity index (χ4n) is 1.02. The van der Waals surface area contributed by atoms with Crippen LogP contribution in [0.2, 0.25) is 0 Å². The molecule has 0 aliphatic rings. The van der Waals surface area contributed by atoms with Gasteiger partial charge in [-0.15, -0.1) is 0 Å². The summed E-state index contributed by atoms with van der Waals surface area (Å²) in [6, 6.07) is 8.42. The summed E-state index contributed by atoms with van der Waals surface area (Å²) in [5.74, 6) is 0. The van der Waals surface area contributed by atoms with Gasteiger partial charge in [0.1, 0.15) is 0 Å². The minimum absolute atomic E-state index is 0.131. The van der Waals surface area contributed by atoms with Crippen LogP contribution in [0.3, 0.4) is 0 Å². The van der Waals surface area contributed by atoms with Crippen LogP contribution in [0.5, 0.6) is 0 Å². The van der Waals surface area contributed by atoms with E-state index < -0.39 is 0 Å². The summed E-state index contributed by atoms with van der Waals surface area (Å²) in [5.41, 5.74) is 2.56. The van der Waals surface area contributed by atoms with Gasteiger partial charge in [0.2, 0.25) is 0 Å². The smallest absolute Gasteiger partial charge is 0.0612 e. The fourth-order valence-corrected chi connectivity index (χ4v) is 1.02. The molecule has 1 nitrogen and oxygen atoms in total. The summed E-state index contributed by atoms with van der Waals surface area (Å²) in [6.07, 6.45) is 4.64. The van der Waals surface area contributed by atoms with Gasteiger partial charge in [0.05, 0.1) is 6.61 Å². The normalized spacial score (nSPS) is 10.8. The monoisotopic (exact) mass is 162 g/mol. The highest BCUT2D eigenvalue weighted by molar-refractivity contribution is 5.22. The van der Waals surface area contributed by atoms with E-state index in [0.29, 0.717) is 0 Å². The van der Waals surface area contributed by atoms with Crippen LogP contribution in [-0.2, 0) is 6.42 Å². The molecule has 1 rings (SSSR count). The third-order valence-corrected chi connectivity index (χ3v) is 1.75. The lowest BCUT2D eigenvalue weighted by Crippen LogP contribution is -1.81. The molecule has 0 heterocycles. The average Bonchev–Trinajstić information content (AvgIpc) is 2.09. The Balaban J connectivity index is 2.53. The maximum atomic E-state index is 8.50. The lowest BCUT2D eigenvalue weighted by molar-refractivity contribution is 0.342. The van der Waals surface area contributed by atoms with Crippen molar-refractivity contribution in [2.24, 2.45) is 0 Å². The maximum Gasteiger partial charge on any atom is 0.0612 e. The minimum atomic E-state index is 0.131. The number of aliphatic hydroxyl groups is 1. The number of hydrogen-bond donors (Lipinski definition) is 1. The Morgan fingerprint density at radius 1 is 1.17 bits per heavy atom. The van der Waals surface area contributed by atoms with Crippen molar-refractivity contribution in [1.29, 1.82) is 0 Å². The molecule has 0 atom stereocenters. The first-order chi connectivity index (χ1) is 5.83. The predicted octanol–water partition coefficient (Wildman–Crippen LogP) is 2.09. The molecule has 0 radical (unpaired) electrons. The zero-order chi connectivity index (χ0) is 8.81. The summed E-state index contributed by atoms with van der Waals surface area (Å²) in [4.78, 5) is 0. The van der Waals surface area contributed by atoms with Crippen molar-refractivity contribution in [3.05, 3.63) is 47.5 Å². The summed E-state index contributed by atoms with van der Waals surface area (Å²) in [6.45, 7) is 2.21. The van der Waals surface area contributed by atoms with Gasteiger partial charge in [0.15, 0.2) is 0 Å². The second-order valence-corrected chi connectivity index (χ2v) is 2.84. The Hall–Kier alpha value is -1.08. The van der Waals surface area contributed by atoms with Crippen LogP contribution in [-0.4, -0.2) is 11.7 Å². The van der Waals surface area contributed by atoms with Crippen LogP contribution in [0.15, 0.2) is 36.4 Å². The van der Waals surface area contributed by atoms with Crippen LogP contribution >= 0.6 is 0 Å². The van der Waals surface area contributed by atoms with Crippen molar-refractivity contribution in [3.8, 4) is 0 Å². The molecule has 1 aromatic carbocycles. The summed E-state index contributed by atoms with van der Waals surface area (Å²) in [7, 11) is 0. The van der Waals surface area contributed by atoms with Gasteiger partial charge in [-0.25, -0.2) is 0 Å². The van der Waals surface area contributed by atoms with Crippen molar-refractivity contribution in [2.45, 2.75) is 13.3 Å². The van der Waals surface area contributed by atoms with Crippen molar-refractivity contribution in [3.63, 3.8) is 0 Å². The van der Waals surface area contributed by atoms with Gasteiger partial charge in [-0.2, -0.15) is 0 Å². The molecule has 0 aromatic heterocycles. The molecule has 0 fully saturated rings. The zero-order valence-electron chi connectivity index (χ0n) is 7.33. The highest BCUT2D eigenvalue weighted by Gasteiger charge is 1.87. The van der Waals surface area contributed by atoms with Gasteiger partial charge >= 0.3 is 0 Å². The van der Waals surface area contributed by atoms with E-state index in [1.807, 2.05) is 6.08 Å². The third-order valence-electron chi connectivity index (χ3n) is 1.75. The van der Waals surface area contributed by atoms with Crippen molar-refractivity contribution >= 4 is 0 Å². The van der Waals surface area contributed by atoms with Gasteiger partial charge in [-0.3, -0.25) is 0 Å². The maximum absolute atomic E-state index is 8.50. The number of aryl methyl sites for hydroxylation is 1. The molecule has 0 saturated carbocycles. The van der Waals surface area contributed by atoms with E-state index in [-0.39, 0.29) is 6.61 Å². The average molecular weight is 162 g/mol. The molecule has 0 saturated heterocycles. The molecule has 0 aliphatic carbocycles. The highest BCUT2D eigenvalue weighted by atomic mass is 16.2. The van der Waals surface area contributed by atoms with Crippen LogP contribution in [0.1, 0.15) is 11.1 Å². The van der Waals surface area contributed by atoms with E-state index >= 15 is 0 Å². The van der Waals surface area contributed by atoms with Crippen molar-refractivity contribution in [1.82, 2.24) is 0 Å². The molecule has 1 aromatic rings. The second kappa shape index (κ2) is 4.73. The number of benzene rings is 1. The number of allylic oxidation sites excluding steroid dienone is 1. The quantitative estimate of drug-likeness (QED) is 0.675. The molecule has 0 unspecified atom stereocenters. The van der Waals surface area contributed by atoms with Gasteiger partial charge < -0.3 is 5.11 Å². The van der Waals surface area contributed by atoms with E-state index in [0.717, 1.165) is 6.42 Å². The van der Waals surface area contributed by atoms with Crippen LogP contribution in [0.25, 0.3) is 0 Å². The Labute approximate surface area is 73.4 Å². The molecule has 64 valence electrons. The molecule has 12 heavy (non-hydrogen) atoms. The van der Waals surface area contributed by atoms with E-state index in [1.165, 1.54) is 11.1 Å². The van der Waals surface area contributed by atoms with Crippen LogP contribution < -0.4 is 0 Å². The lowest BCUT2D eigenvalue weighted by Gasteiger charge is -1.96. The van der Waals surface area contributed by atoms with Gasteiger partial charge in [0, 0.05) is 0 Å². The second-order valence-electron chi connectivity index (χ2n) is 2.84. The molecular weight excluding hydrogens is 148 g/mol. The summed E-state index contributed by atoms with van der Waals surface area (Å²) in [5, 5.41) is 8.50. The Morgan fingerprint density at radius 2 is 1.83 bits per heavy atom. The predicted molar refractivity (Wildman–Crippen MR) is 51.1 cm³/mol. The number of rotatable bonds is 3. The van der Waals surface area contributed by atoms with Crippen LogP contribution in [0, 0.1) is 6.92 Å². The molecule has 0 spiro atoms. The molecule has 0 aliphatic heterocycles. The van der Waals surface area contributed by atoms with Gasteiger partial charge in [0.25, 0.3) is 0 Å². The number of hydrogen-bond acceptors (Lipinski definition) is 1. The number of aliphatic hydroxyl groups excluding tert-OH is 1. The summed E-state index contributed by atoms with van der Waals surface area (Å²) >= 11 is 0. The van der Waals surface area contributed by atoms with E-state index in [9.17, 15) is 0 Å². The first-order valence-corrected chi connectivity index (χ1v) is 4.14. The fraction of sp³-hybridized carbons (Fsp3) is 0.273. The Morgan fingerprint density at radius 3 is 2.42 bits per heavy atom. The molecule has 0 bridgehead atoms. The molecule has 0 amide bonds. The highest BCUT2D eigenvalue weighted by Crippen LogP contribution is 2.03. The lowest BCUT2D eigenvalue weighted by atomic mass is 10.1. The van der Waals surface area contributed by atoms with Crippen LogP contribution in [0.4, 0.5) is 0 Å². The first-order valence-electron chi connectivity index (χ1n) is 4.14. The summed E-state index contributed by atoms with van der Waals surface area (Å²) < 4.78 is 0. The van der Waals surface area contributed by atoms with E-state index in [4.69, 9.17) is 5.11 Å². The Bertz CT molecular complexity index is 246.